The summed E-state index contributed by atoms with van der Waals surface area (Å²) in [6.07, 6.45) is 0. The first-order valence-electron chi connectivity index (χ1n) is 9.10. The summed E-state index contributed by atoms with van der Waals surface area (Å²) in [4.78, 5) is 30.1. The Labute approximate surface area is 173 Å². The maximum atomic E-state index is 12.2. The standard InChI is InChI=1S/C22H22N2O4S/c1-15-7-6-9-19(11-15)24(17(3)25)22-23-18(14-29-22)12-28-21(26)13-27-20-10-5-4-8-16(20)2/h4-11,14H,12-13H2,1-3H3. The van der Waals surface area contributed by atoms with Crippen molar-refractivity contribution in [3.05, 3.63) is 70.7 Å². The lowest BCUT2D eigenvalue weighted by molar-refractivity contribution is -0.147. The molecule has 7 heteroatoms. The molecule has 2 aromatic carbocycles. The Bertz CT molecular complexity index is 1020. The van der Waals surface area contributed by atoms with E-state index in [-0.39, 0.29) is 19.1 Å². The van der Waals surface area contributed by atoms with Crippen LogP contribution in [0.15, 0.2) is 53.9 Å². The Morgan fingerprint density at radius 3 is 2.62 bits per heavy atom. The fourth-order valence-electron chi connectivity index (χ4n) is 2.71. The van der Waals surface area contributed by atoms with E-state index in [2.05, 4.69) is 4.98 Å². The van der Waals surface area contributed by atoms with E-state index < -0.39 is 5.97 Å². The van der Waals surface area contributed by atoms with Gasteiger partial charge in [0.1, 0.15) is 12.4 Å². The lowest BCUT2D eigenvalue weighted by Crippen LogP contribution is -2.22. The zero-order valence-corrected chi connectivity index (χ0v) is 17.4. The second-order valence-electron chi connectivity index (χ2n) is 6.53. The number of anilines is 2. The van der Waals surface area contributed by atoms with E-state index in [1.54, 1.807) is 16.3 Å². The van der Waals surface area contributed by atoms with Crippen molar-refractivity contribution >= 4 is 34.0 Å². The van der Waals surface area contributed by atoms with Gasteiger partial charge in [0.25, 0.3) is 0 Å². The number of hydrogen-bond acceptors (Lipinski definition) is 6. The molecule has 3 aromatic rings. The number of esters is 1. The molecule has 0 bridgehead atoms. The Kier molecular flexibility index (Phi) is 6.61. The number of aryl methyl sites for hydroxylation is 2. The molecule has 0 spiro atoms. The van der Waals surface area contributed by atoms with Crippen molar-refractivity contribution in [3.8, 4) is 5.75 Å². The molecule has 0 saturated carbocycles. The molecule has 150 valence electrons. The Balaban J connectivity index is 1.60. The zero-order chi connectivity index (χ0) is 20.8. The van der Waals surface area contributed by atoms with Crippen molar-refractivity contribution in [3.63, 3.8) is 0 Å². The van der Waals surface area contributed by atoms with Gasteiger partial charge in [-0.1, -0.05) is 30.3 Å². The first kappa shape index (κ1) is 20.5. The van der Waals surface area contributed by atoms with Crippen molar-refractivity contribution in [1.82, 2.24) is 4.98 Å². The van der Waals surface area contributed by atoms with Crippen LogP contribution in [0.25, 0.3) is 0 Å². The summed E-state index contributed by atoms with van der Waals surface area (Å²) in [6.45, 7) is 5.21. The summed E-state index contributed by atoms with van der Waals surface area (Å²) in [6, 6.07) is 15.1. The molecular formula is C22H22N2O4S. The average molecular weight is 410 g/mol. The largest absolute Gasteiger partial charge is 0.482 e. The highest BCUT2D eigenvalue weighted by Crippen LogP contribution is 2.29. The third kappa shape index (κ3) is 5.42. The SMILES string of the molecule is CC(=O)N(c1cccc(C)c1)c1nc(COC(=O)COc2ccccc2C)cs1. The first-order chi connectivity index (χ1) is 13.9. The Hall–Kier alpha value is -3.19. The summed E-state index contributed by atoms with van der Waals surface area (Å²) in [7, 11) is 0. The molecule has 0 atom stereocenters. The van der Waals surface area contributed by atoms with Crippen LogP contribution in [0.4, 0.5) is 10.8 Å². The van der Waals surface area contributed by atoms with Crippen LogP contribution in [0, 0.1) is 13.8 Å². The van der Waals surface area contributed by atoms with Gasteiger partial charge in [-0.05, 0) is 43.2 Å². The predicted molar refractivity (Wildman–Crippen MR) is 113 cm³/mol. The van der Waals surface area contributed by atoms with E-state index in [0.717, 1.165) is 16.8 Å². The van der Waals surface area contributed by atoms with Gasteiger partial charge in [0.05, 0.1) is 11.4 Å². The molecular weight excluding hydrogens is 388 g/mol. The fraction of sp³-hybridized carbons (Fsp3) is 0.227. The minimum Gasteiger partial charge on any atom is -0.482 e. The predicted octanol–water partition coefficient (Wildman–Crippen LogP) is 4.57. The summed E-state index contributed by atoms with van der Waals surface area (Å²) in [5.74, 6) is 0.0284. The van der Waals surface area contributed by atoms with E-state index >= 15 is 0 Å². The maximum Gasteiger partial charge on any atom is 0.344 e. The van der Waals surface area contributed by atoms with Crippen LogP contribution in [0.3, 0.4) is 0 Å². The summed E-state index contributed by atoms with van der Waals surface area (Å²) < 4.78 is 10.7. The van der Waals surface area contributed by atoms with Crippen molar-refractivity contribution < 1.29 is 19.1 Å². The molecule has 1 aromatic heterocycles. The number of carbonyl (C=O) groups is 2. The molecule has 0 N–H and O–H groups in total. The highest BCUT2D eigenvalue weighted by atomic mass is 32.1. The van der Waals surface area contributed by atoms with Gasteiger partial charge >= 0.3 is 5.97 Å². The van der Waals surface area contributed by atoms with E-state index in [0.29, 0.717) is 16.6 Å². The zero-order valence-electron chi connectivity index (χ0n) is 16.5. The van der Waals surface area contributed by atoms with Crippen LogP contribution in [-0.2, 0) is 20.9 Å². The van der Waals surface area contributed by atoms with Gasteiger partial charge in [0.2, 0.25) is 5.91 Å². The lowest BCUT2D eigenvalue weighted by atomic mass is 10.2. The van der Waals surface area contributed by atoms with Gasteiger partial charge in [-0.2, -0.15) is 0 Å². The van der Waals surface area contributed by atoms with Crippen LogP contribution in [0.2, 0.25) is 0 Å². The quantitative estimate of drug-likeness (QED) is 0.534. The van der Waals surface area contributed by atoms with Gasteiger partial charge in [0.15, 0.2) is 11.7 Å². The molecule has 3 rings (SSSR count). The van der Waals surface area contributed by atoms with E-state index in [9.17, 15) is 9.59 Å². The fourth-order valence-corrected chi connectivity index (χ4v) is 3.58. The van der Waals surface area contributed by atoms with Crippen LogP contribution < -0.4 is 9.64 Å². The van der Waals surface area contributed by atoms with E-state index in [1.807, 2.05) is 56.3 Å². The number of benzene rings is 2. The highest BCUT2D eigenvalue weighted by molar-refractivity contribution is 7.14. The molecule has 0 aliphatic rings. The summed E-state index contributed by atoms with van der Waals surface area (Å²) in [5.41, 5.74) is 3.33. The maximum absolute atomic E-state index is 12.2. The first-order valence-corrected chi connectivity index (χ1v) is 9.98. The number of hydrogen-bond donors (Lipinski definition) is 0. The van der Waals surface area contributed by atoms with E-state index in [1.165, 1.54) is 18.3 Å². The summed E-state index contributed by atoms with van der Waals surface area (Å²) in [5, 5.41) is 2.31. The summed E-state index contributed by atoms with van der Waals surface area (Å²) >= 11 is 1.32. The Morgan fingerprint density at radius 2 is 1.90 bits per heavy atom. The van der Waals surface area contributed by atoms with Gasteiger partial charge in [-0.15, -0.1) is 11.3 Å². The molecule has 0 saturated heterocycles. The third-order valence-electron chi connectivity index (χ3n) is 4.13. The van der Waals surface area contributed by atoms with Crippen LogP contribution in [-0.4, -0.2) is 23.5 Å². The molecule has 1 amide bonds. The van der Waals surface area contributed by atoms with Gasteiger partial charge < -0.3 is 9.47 Å². The average Bonchev–Trinajstić information content (AvgIpc) is 3.14. The van der Waals surface area contributed by atoms with Gasteiger partial charge in [0, 0.05) is 12.3 Å². The molecule has 6 nitrogen and oxygen atoms in total. The number of aromatic nitrogens is 1. The number of rotatable bonds is 7. The number of nitrogens with zero attached hydrogens (tertiary/aromatic N) is 2. The number of carbonyl (C=O) groups excluding carboxylic acids is 2. The van der Waals surface area contributed by atoms with Crippen LogP contribution in [0.1, 0.15) is 23.7 Å². The number of para-hydroxylation sites is 1. The molecule has 0 fully saturated rings. The molecule has 0 radical (unpaired) electrons. The normalized spacial score (nSPS) is 10.4. The number of ether oxygens (including phenoxy) is 2. The second-order valence-corrected chi connectivity index (χ2v) is 7.37. The van der Waals surface area contributed by atoms with Crippen molar-refractivity contribution in [1.29, 1.82) is 0 Å². The third-order valence-corrected chi connectivity index (χ3v) is 5.00. The van der Waals surface area contributed by atoms with Crippen molar-refractivity contribution in [2.24, 2.45) is 0 Å². The van der Waals surface area contributed by atoms with Gasteiger partial charge in [-0.3, -0.25) is 9.69 Å². The Morgan fingerprint density at radius 1 is 1.10 bits per heavy atom. The van der Waals surface area contributed by atoms with Crippen LogP contribution >= 0.6 is 11.3 Å². The monoisotopic (exact) mass is 410 g/mol. The molecule has 29 heavy (non-hydrogen) atoms. The van der Waals surface area contributed by atoms with Gasteiger partial charge in [-0.25, -0.2) is 9.78 Å². The van der Waals surface area contributed by atoms with Crippen molar-refractivity contribution in [2.75, 3.05) is 11.5 Å². The topological polar surface area (TPSA) is 68.7 Å². The molecule has 0 aliphatic carbocycles. The van der Waals surface area contributed by atoms with Crippen LogP contribution in [0.5, 0.6) is 5.75 Å². The molecule has 1 heterocycles. The molecule has 0 unspecified atom stereocenters. The number of amides is 1. The second kappa shape index (κ2) is 9.34. The lowest BCUT2D eigenvalue weighted by Gasteiger charge is -2.18. The smallest absolute Gasteiger partial charge is 0.344 e. The van der Waals surface area contributed by atoms with E-state index in [4.69, 9.17) is 9.47 Å². The van der Waals surface area contributed by atoms with Crippen molar-refractivity contribution in [2.45, 2.75) is 27.4 Å². The number of thiazole rings is 1. The highest BCUT2D eigenvalue weighted by Gasteiger charge is 2.18. The minimum absolute atomic E-state index is 0.0199. The minimum atomic E-state index is -0.482. The molecule has 0 aliphatic heterocycles.